The zero-order valence-electron chi connectivity index (χ0n) is 9.10. The Bertz CT molecular complexity index is 459. The summed E-state index contributed by atoms with van der Waals surface area (Å²) < 4.78 is 14.7. The lowest BCUT2D eigenvalue weighted by Gasteiger charge is -2.11. The fraction of sp³-hybridized carbons (Fsp3) is 0.231. The molecule has 0 bridgehead atoms. The highest BCUT2D eigenvalue weighted by Gasteiger charge is 2.06. The van der Waals surface area contributed by atoms with Crippen molar-refractivity contribution in [1.82, 2.24) is 4.57 Å². The SMILES string of the molecule is CC(O)c1cccn1Cc1ccc(F)cc1. The second-order valence-electron chi connectivity index (χ2n) is 3.86. The van der Waals surface area contributed by atoms with Crippen molar-refractivity contribution < 1.29 is 9.50 Å². The summed E-state index contributed by atoms with van der Waals surface area (Å²) in [5, 5.41) is 9.53. The summed E-state index contributed by atoms with van der Waals surface area (Å²) in [5.74, 6) is -0.230. The first-order chi connectivity index (χ1) is 7.66. The molecule has 1 atom stereocenters. The van der Waals surface area contributed by atoms with Gasteiger partial charge in [0, 0.05) is 18.4 Å². The van der Waals surface area contributed by atoms with Crippen molar-refractivity contribution in [3.63, 3.8) is 0 Å². The number of rotatable bonds is 3. The number of nitrogens with zero attached hydrogens (tertiary/aromatic N) is 1. The van der Waals surface area contributed by atoms with Gasteiger partial charge in [-0.3, -0.25) is 0 Å². The summed E-state index contributed by atoms with van der Waals surface area (Å²) in [4.78, 5) is 0. The van der Waals surface area contributed by atoms with E-state index >= 15 is 0 Å². The maximum absolute atomic E-state index is 12.7. The van der Waals surface area contributed by atoms with E-state index in [1.807, 2.05) is 22.9 Å². The number of halogens is 1. The summed E-state index contributed by atoms with van der Waals surface area (Å²) in [6, 6.07) is 10.2. The molecule has 0 amide bonds. The molecule has 2 nitrogen and oxygen atoms in total. The molecule has 1 N–H and O–H groups in total. The quantitative estimate of drug-likeness (QED) is 0.843. The van der Waals surface area contributed by atoms with Gasteiger partial charge in [-0.1, -0.05) is 12.1 Å². The van der Waals surface area contributed by atoms with Crippen LogP contribution >= 0.6 is 0 Å². The molecular formula is C13H14FNO. The number of hydrogen-bond acceptors (Lipinski definition) is 1. The number of aliphatic hydroxyl groups is 1. The predicted octanol–water partition coefficient (Wildman–Crippen LogP) is 2.73. The first kappa shape index (κ1) is 10.9. The average molecular weight is 219 g/mol. The maximum Gasteiger partial charge on any atom is 0.123 e. The van der Waals surface area contributed by atoms with Crippen LogP contribution < -0.4 is 0 Å². The number of aromatic nitrogens is 1. The highest BCUT2D eigenvalue weighted by molar-refractivity contribution is 5.19. The van der Waals surface area contributed by atoms with Crippen molar-refractivity contribution in [1.29, 1.82) is 0 Å². The van der Waals surface area contributed by atoms with Gasteiger partial charge in [0.15, 0.2) is 0 Å². The van der Waals surface area contributed by atoms with E-state index in [9.17, 15) is 9.50 Å². The highest BCUT2D eigenvalue weighted by atomic mass is 19.1. The third-order valence-electron chi connectivity index (χ3n) is 2.56. The van der Waals surface area contributed by atoms with E-state index in [1.165, 1.54) is 12.1 Å². The minimum atomic E-state index is -0.490. The second-order valence-corrected chi connectivity index (χ2v) is 3.86. The number of hydrogen-bond donors (Lipinski definition) is 1. The molecule has 1 aromatic heterocycles. The zero-order valence-corrected chi connectivity index (χ0v) is 9.10. The van der Waals surface area contributed by atoms with Gasteiger partial charge in [0.2, 0.25) is 0 Å². The van der Waals surface area contributed by atoms with E-state index in [2.05, 4.69) is 0 Å². The molecule has 16 heavy (non-hydrogen) atoms. The molecule has 2 aromatic rings. The van der Waals surface area contributed by atoms with Gasteiger partial charge >= 0.3 is 0 Å². The zero-order chi connectivity index (χ0) is 11.5. The topological polar surface area (TPSA) is 25.2 Å². The third kappa shape index (κ3) is 2.31. The first-order valence-corrected chi connectivity index (χ1v) is 5.24. The van der Waals surface area contributed by atoms with Crippen LogP contribution in [0.5, 0.6) is 0 Å². The fourth-order valence-corrected chi connectivity index (χ4v) is 1.74. The molecule has 0 aliphatic carbocycles. The van der Waals surface area contributed by atoms with Crippen molar-refractivity contribution in [3.05, 3.63) is 59.7 Å². The van der Waals surface area contributed by atoms with E-state index in [0.29, 0.717) is 6.54 Å². The standard InChI is InChI=1S/C13H14FNO/c1-10(16)13-3-2-8-15(13)9-11-4-6-12(14)7-5-11/h2-8,10,16H,9H2,1H3. The van der Waals surface area contributed by atoms with Crippen LogP contribution in [0.25, 0.3) is 0 Å². The molecule has 2 rings (SSSR count). The normalized spacial score (nSPS) is 12.7. The molecule has 0 saturated carbocycles. The Hall–Kier alpha value is -1.61. The molecule has 1 heterocycles. The Balaban J connectivity index is 2.20. The van der Waals surface area contributed by atoms with E-state index in [4.69, 9.17) is 0 Å². The molecule has 3 heteroatoms. The number of aliphatic hydroxyl groups excluding tert-OH is 1. The van der Waals surface area contributed by atoms with Crippen LogP contribution in [0.15, 0.2) is 42.6 Å². The lowest BCUT2D eigenvalue weighted by atomic mass is 10.2. The van der Waals surface area contributed by atoms with Crippen LogP contribution in [0.3, 0.4) is 0 Å². The Morgan fingerprint density at radius 3 is 2.56 bits per heavy atom. The van der Waals surface area contributed by atoms with Crippen LogP contribution in [-0.2, 0) is 6.54 Å². The minimum Gasteiger partial charge on any atom is -0.387 e. The summed E-state index contributed by atoms with van der Waals surface area (Å²) in [7, 11) is 0. The molecule has 84 valence electrons. The van der Waals surface area contributed by atoms with Gasteiger partial charge < -0.3 is 9.67 Å². The molecule has 1 aromatic carbocycles. The average Bonchev–Trinajstić information content (AvgIpc) is 2.69. The smallest absolute Gasteiger partial charge is 0.123 e. The van der Waals surface area contributed by atoms with Crippen LogP contribution in [-0.4, -0.2) is 9.67 Å². The maximum atomic E-state index is 12.7. The van der Waals surface area contributed by atoms with Gasteiger partial charge in [-0.2, -0.15) is 0 Å². The third-order valence-corrected chi connectivity index (χ3v) is 2.56. The van der Waals surface area contributed by atoms with Gasteiger partial charge in [0.05, 0.1) is 6.10 Å². The molecule has 0 aliphatic heterocycles. The summed E-state index contributed by atoms with van der Waals surface area (Å²) in [6.45, 7) is 2.38. The Kier molecular flexibility index (Phi) is 3.06. The van der Waals surface area contributed by atoms with E-state index in [1.54, 1.807) is 19.1 Å². The van der Waals surface area contributed by atoms with Crippen LogP contribution in [0.1, 0.15) is 24.3 Å². The molecule has 1 unspecified atom stereocenters. The lowest BCUT2D eigenvalue weighted by Crippen LogP contribution is -2.05. The van der Waals surface area contributed by atoms with Crippen molar-refractivity contribution in [2.24, 2.45) is 0 Å². The highest BCUT2D eigenvalue weighted by Crippen LogP contribution is 2.15. The molecule has 0 saturated heterocycles. The van der Waals surface area contributed by atoms with E-state index in [0.717, 1.165) is 11.3 Å². The van der Waals surface area contributed by atoms with Gasteiger partial charge in [0.25, 0.3) is 0 Å². The largest absolute Gasteiger partial charge is 0.387 e. The molecular weight excluding hydrogens is 205 g/mol. The van der Waals surface area contributed by atoms with Crippen LogP contribution in [0.2, 0.25) is 0 Å². The molecule has 0 radical (unpaired) electrons. The molecule has 0 spiro atoms. The molecule has 0 fully saturated rings. The van der Waals surface area contributed by atoms with Gasteiger partial charge in [-0.25, -0.2) is 4.39 Å². The Morgan fingerprint density at radius 1 is 1.25 bits per heavy atom. The summed E-state index contributed by atoms with van der Waals surface area (Å²) in [6.07, 6.45) is 1.42. The lowest BCUT2D eigenvalue weighted by molar-refractivity contribution is 0.190. The Labute approximate surface area is 94.0 Å². The predicted molar refractivity (Wildman–Crippen MR) is 60.6 cm³/mol. The van der Waals surface area contributed by atoms with Crippen molar-refractivity contribution in [2.45, 2.75) is 19.6 Å². The first-order valence-electron chi connectivity index (χ1n) is 5.24. The van der Waals surface area contributed by atoms with Gasteiger partial charge in [-0.05, 0) is 36.8 Å². The van der Waals surface area contributed by atoms with Gasteiger partial charge in [0.1, 0.15) is 5.82 Å². The van der Waals surface area contributed by atoms with Crippen molar-refractivity contribution in [2.75, 3.05) is 0 Å². The van der Waals surface area contributed by atoms with E-state index in [-0.39, 0.29) is 5.82 Å². The van der Waals surface area contributed by atoms with Crippen LogP contribution in [0.4, 0.5) is 4.39 Å². The monoisotopic (exact) mass is 219 g/mol. The van der Waals surface area contributed by atoms with Crippen molar-refractivity contribution >= 4 is 0 Å². The van der Waals surface area contributed by atoms with Crippen molar-refractivity contribution in [3.8, 4) is 0 Å². The summed E-state index contributed by atoms with van der Waals surface area (Å²) in [5.41, 5.74) is 1.88. The second kappa shape index (κ2) is 4.49. The molecule has 0 aliphatic rings. The van der Waals surface area contributed by atoms with Crippen LogP contribution in [0, 0.1) is 5.82 Å². The fourth-order valence-electron chi connectivity index (χ4n) is 1.74. The Morgan fingerprint density at radius 2 is 1.94 bits per heavy atom. The minimum absolute atomic E-state index is 0.230. The van der Waals surface area contributed by atoms with E-state index < -0.39 is 6.10 Å². The summed E-state index contributed by atoms with van der Waals surface area (Å²) >= 11 is 0. The number of benzene rings is 1. The van der Waals surface area contributed by atoms with Gasteiger partial charge in [-0.15, -0.1) is 0 Å².